The Morgan fingerprint density at radius 2 is 2.05 bits per heavy atom. The fourth-order valence-corrected chi connectivity index (χ4v) is 2.02. The van der Waals surface area contributed by atoms with Gasteiger partial charge >= 0.3 is 0 Å². The summed E-state index contributed by atoms with van der Waals surface area (Å²) in [5.74, 6) is -0.169. The highest BCUT2D eigenvalue weighted by atomic mass is 32.2. The van der Waals surface area contributed by atoms with Crippen molar-refractivity contribution in [1.82, 2.24) is 5.32 Å². The highest BCUT2D eigenvalue weighted by molar-refractivity contribution is 7.89. The van der Waals surface area contributed by atoms with Crippen LogP contribution in [0.25, 0.3) is 0 Å². The molecular formula is C11H18N4O3S. The van der Waals surface area contributed by atoms with Gasteiger partial charge in [-0.1, -0.05) is 0 Å². The molecule has 106 valence electrons. The molecule has 0 aromatic heterocycles. The number of likely N-dealkylation sites (N-methyl/N-ethyl adjacent to an activating group) is 1. The number of hydrogen-bond donors (Lipinski definition) is 4. The van der Waals surface area contributed by atoms with Gasteiger partial charge in [-0.05, 0) is 32.0 Å². The number of rotatable bonds is 5. The predicted molar refractivity (Wildman–Crippen MR) is 74.0 cm³/mol. The van der Waals surface area contributed by atoms with Gasteiger partial charge < -0.3 is 16.4 Å². The second-order valence-electron chi connectivity index (χ2n) is 4.05. The van der Waals surface area contributed by atoms with Crippen LogP contribution in [0.1, 0.15) is 13.8 Å². The molecule has 0 aliphatic rings. The second-order valence-corrected chi connectivity index (χ2v) is 5.62. The van der Waals surface area contributed by atoms with Crippen LogP contribution in [0.3, 0.4) is 0 Å². The van der Waals surface area contributed by atoms with E-state index in [0.29, 0.717) is 12.2 Å². The summed E-state index contributed by atoms with van der Waals surface area (Å²) in [6, 6.07) is 3.58. The van der Waals surface area contributed by atoms with Crippen molar-refractivity contribution in [1.29, 1.82) is 0 Å². The van der Waals surface area contributed by atoms with Gasteiger partial charge in [-0.25, -0.2) is 13.6 Å². The number of nitrogen functional groups attached to an aromatic ring is 1. The summed E-state index contributed by atoms with van der Waals surface area (Å²) >= 11 is 0. The standard InChI is InChI=1S/C11H18N4O3S/c1-3-14-11(16)7(2)15-10-5-4-8(6-9(10)12)19(13,17)18/h4-7,15H,3,12H2,1-2H3,(H,14,16)(H2,13,17,18). The van der Waals surface area contributed by atoms with Gasteiger partial charge in [0.15, 0.2) is 0 Å². The van der Waals surface area contributed by atoms with Crippen LogP contribution < -0.4 is 21.5 Å². The number of primary sulfonamides is 1. The largest absolute Gasteiger partial charge is 0.397 e. The molecule has 1 amide bonds. The molecule has 7 nitrogen and oxygen atoms in total. The van der Waals surface area contributed by atoms with E-state index in [1.54, 1.807) is 6.92 Å². The smallest absolute Gasteiger partial charge is 0.242 e. The Morgan fingerprint density at radius 1 is 1.42 bits per heavy atom. The summed E-state index contributed by atoms with van der Waals surface area (Å²) in [6.45, 7) is 4.03. The Hall–Kier alpha value is -1.80. The predicted octanol–water partition coefficient (Wildman–Crippen LogP) is -0.147. The zero-order valence-electron chi connectivity index (χ0n) is 10.8. The van der Waals surface area contributed by atoms with Crippen LogP contribution in [0.15, 0.2) is 23.1 Å². The average Bonchev–Trinajstić information content (AvgIpc) is 2.30. The number of hydrogen-bond acceptors (Lipinski definition) is 5. The first-order valence-electron chi connectivity index (χ1n) is 5.72. The molecule has 0 fully saturated rings. The summed E-state index contributed by atoms with van der Waals surface area (Å²) < 4.78 is 22.3. The van der Waals surface area contributed by atoms with Gasteiger partial charge in [-0.3, -0.25) is 4.79 Å². The number of benzene rings is 1. The Labute approximate surface area is 112 Å². The molecule has 0 heterocycles. The van der Waals surface area contributed by atoms with Gasteiger partial charge in [0, 0.05) is 6.54 Å². The summed E-state index contributed by atoms with van der Waals surface area (Å²) in [5, 5.41) is 10.6. The molecule has 0 saturated heterocycles. The number of carbonyl (C=O) groups excluding carboxylic acids is 1. The van der Waals surface area contributed by atoms with Crippen molar-refractivity contribution in [2.24, 2.45) is 5.14 Å². The molecular weight excluding hydrogens is 268 g/mol. The van der Waals surface area contributed by atoms with Gasteiger partial charge in [-0.15, -0.1) is 0 Å². The zero-order chi connectivity index (χ0) is 14.6. The third-order valence-corrected chi connectivity index (χ3v) is 3.38. The summed E-state index contributed by atoms with van der Waals surface area (Å²) in [4.78, 5) is 11.5. The number of anilines is 2. The zero-order valence-corrected chi connectivity index (χ0v) is 11.6. The lowest BCUT2D eigenvalue weighted by Crippen LogP contribution is -2.37. The molecule has 8 heteroatoms. The number of nitrogens with two attached hydrogens (primary N) is 2. The molecule has 0 bridgehead atoms. The van der Waals surface area contributed by atoms with Crippen LogP contribution >= 0.6 is 0 Å². The molecule has 0 radical (unpaired) electrons. The van der Waals surface area contributed by atoms with E-state index in [1.807, 2.05) is 6.92 Å². The van der Waals surface area contributed by atoms with Crippen molar-refractivity contribution >= 4 is 27.3 Å². The minimum atomic E-state index is -3.78. The van der Waals surface area contributed by atoms with E-state index in [2.05, 4.69) is 10.6 Å². The van der Waals surface area contributed by atoms with Gasteiger partial charge in [0.2, 0.25) is 15.9 Å². The first kappa shape index (κ1) is 15.3. The number of amides is 1. The molecule has 19 heavy (non-hydrogen) atoms. The Kier molecular flexibility index (Phi) is 4.73. The summed E-state index contributed by atoms with van der Waals surface area (Å²) in [7, 11) is -3.78. The van der Waals surface area contributed by atoms with Crippen LogP contribution in [-0.2, 0) is 14.8 Å². The molecule has 0 spiro atoms. The van der Waals surface area contributed by atoms with E-state index in [1.165, 1.54) is 18.2 Å². The number of sulfonamides is 1. The molecule has 6 N–H and O–H groups in total. The topological polar surface area (TPSA) is 127 Å². The molecule has 1 rings (SSSR count). The van der Waals surface area contributed by atoms with Crippen LogP contribution in [0.4, 0.5) is 11.4 Å². The monoisotopic (exact) mass is 286 g/mol. The van der Waals surface area contributed by atoms with Crippen molar-refractivity contribution in [2.45, 2.75) is 24.8 Å². The average molecular weight is 286 g/mol. The lowest BCUT2D eigenvalue weighted by molar-refractivity contribution is -0.121. The maximum absolute atomic E-state index is 11.6. The molecule has 0 aliphatic heterocycles. The minimum Gasteiger partial charge on any atom is -0.397 e. The maximum Gasteiger partial charge on any atom is 0.242 e. The van der Waals surface area contributed by atoms with E-state index in [0.717, 1.165) is 0 Å². The van der Waals surface area contributed by atoms with Crippen LogP contribution in [0.2, 0.25) is 0 Å². The molecule has 1 unspecified atom stereocenters. The first-order valence-corrected chi connectivity index (χ1v) is 7.27. The number of carbonyl (C=O) groups is 1. The molecule has 0 saturated carbocycles. The SMILES string of the molecule is CCNC(=O)C(C)Nc1ccc(S(N)(=O)=O)cc1N. The van der Waals surface area contributed by atoms with E-state index in [9.17, 15) is 13.2 Å². The first-order chi connectivity index (χ1) is 8.75. The fraction of sp³-hybridized carbons (Fsp3) is 0.364. The molecule has 1 aromatic carbocycles. The lowest BCUT2D eigenvalue weighted by Gasteiger charge is -2.16. The van der Waals surface area contributed by atoms with Gasteiger partial charge in [0.25, 0.3) is 0 Å². The summed E-state index contributed by atoms with van der Waals surface area (Å²) in [5.41, 5.74) is 6.41. The van der Waals surface area contributed by atoms with E-state index < -0.39 is 16.1 Å². The third-order valence-electron chi connectivity index (χ3n) is 2.47. The lowest BCUT2D eigenvalue weighted by atomic mass is 10.2. The van der Waals surface area contributed by atoms with Crippen molar-refractivity contribution < 1.29 is 13.2 Å². The van der Waals surface area contributed by atoms with Crippen LogP contribution in [0.5, 0.6) is 0 Å². The van der Waals surface area contributed by atoms with Crippen molar-refractivity contribution in [2.75, 3.05) is 17.6 Å². The van der Waals surface area contributed by atoms with Gasteiger partial charge in [0.05, 0.1) is 16.3 Å². The fourth-order valence-electron chi connectivity index (χ4n) is 1.48. The van der Waals surface area contributed by atoms with E-state index in [4.69, 9.17) is 10.9 Å². The van der Waals surface area contributed by atoms with Crippen molar-refractivity contribution in [3.05, 3.63) is 18.2 Å². The van der Waals surface area contributed by atoms with Crippen molar-refractivity contribution in [3.8, 4) is 0 Å². The minimum absolute atomic E-state index is 0.0683. The van der Waals surface area contributed by atoms with Crippen LogP contribution in [0, 0.1) is 0 Å². The molecule has 1 aromatic rings. The van der Waals surface area contributed by atoms with E-state index in [-0.39, 0.29) is 16.5 Å². The van der Waals surface area contributed by atoms with Crippen molar-refractivity contribution in [3.63, 3.8) is 0 Å². The third kappa shape index (κ3) is 4.11. The van der Waals surface area contributed by atoms with Gasteiger partial charge in [0.1, 0.15) is 6.04 Å². The van der Waals surface area contributed by atoms with Crippen LogP contribution in [-0.4, -0.2) is 26.9 Å². The highest BCUT2D eigenvalue weighted by Gasteiger charge is 2.14. The molecule has 0 aliphatic carbocycles. The highest BCUT2D eigenvalue weighted by Crippen LogP contribution is 2.22. The Balaban J connectivity index is 2.89. The van der Waals surface area contributed by atoms with E-state index >= 15 is 0 Å². The Morgan fingerprint density at radius 3 is 2.53 bits per heavy atom. The molecule has 1 atom stereocenters. The summed E-state index contributed by atoms with van der Waals surface area (Å²) in [6.07, 6.45) is 0. The normalized spacial score (nSPS) is 12.8. The maximum atomic E-state index is 11.6. The number of nitrogens with one attached hydrogen (secondary N) is 2. The van der Waals surface area contributed by atoms with Gasteiger partial charge in [-0.2, -0.15) is 0 Å². The second kappa shape index (κ2) is 5.89. The Bertz CT molecular complexity index is 571. The quantitative estimate of drug-likeness (QED) is 0.560.